The summed E-state index contributed by atoms with van der Waals surface area (Å²) in [5.41, 5.74) is -1.05. The summed E-state index contributed by atoms with van der Waals surface area (Å²) in [6, 6.07) is -0.725. The molecule has 2 aliphatic heterocycles. The fraction of sp³-hybridized carbons (Fsp3) is 0.692. The highest BCUT2D eigenvalue weighted by atomic mass is 16.5. The molecule has 3 fully saturated rings. The average Bonchev–Trinajstić information content (AvgIpc) is 3.28. The lowest BCUT2D eigenvalue weighted by Crippen LogP contribution is -2.59. The van der Waals surface area contributed by atoms with Gasteiger partial charge in [-0.25, -0.2) is 4.79 Å². The van der Waals surface area contributed by atoms with Crippen LogP contribution in [0.2, 0.25) is 0 Å². The summed E-state index contributed by atoms with van der Waals surface area (Å²) >= 11 is 0. The lowest BCUT2D eigenvalue weighted by Gasteiger charge is -2.31. The highest BCUT2D eigenvalue weighted by Gasteiger charge is 2.62. The predicted molar refractivity (Wildman–Crippen MR) is 68.9 cm³/mol. The van der Waals surface area contributed by atoms with Crippen LogP contribution in [0, 0.1) is 5.41 Å². The largest absolute Gasteiger partial charge is 0.378 e. The van der Waals surface area contributed by atoms with Gasteiger partial charge in [0, 0.05) is 26.1 Å². The standard InChI is InChI=1S/C13H17N3O5/c17-9(15-5-7-21-8-6-15)1-4-16-11(19)13(2-3-13)10(18)14-12(16)20/h1-8H2,(H,14,18,20). The molecule has 0 aromatic heterocycles. The van der Waals surface area contributed by atoms with Crippen molar-refractivity contribution in [2.75, 3.05) is 32.8 Å². The van der Waals surface area contributed by atoms with E-state index in [-0.39, 0.29) is 18.9 Å². The van der Waals surface area contributed by atoms with Gasteiger partial charge in [-0.3, -0.25) is 24.6 Å². The van der Waals surface area contributed by atoms with Crippen molar-refractivity contribution in [3.63, 3.8) is 0 Å². The van der Waals surface area contributed by atoms with Crippen LogP contribution in [-0.4, -0.2) is 66.4 Å². The molecular weight excluding hydrogens is 278 g/mol. The first kappa shape index (κ1) is 14.0. The van der Waals surface area contributed by atoms with E-state index in [1.165, 1.54) is 0 Å². The predicted octanol–water partition coefficient (Wildman–Crippen LogP) is -0.906. The zero-order valence-corrected chi connectivity index (χ0v) is 11.6. The van der Waals surface area contributed by atoms with Gasteiger partial charge in [0.15, 0.2) is 0 Å². The highest BCUT2D eigenvalue weighted by Crippen LogP contribution is 2.48. The second-order valence-electron chi connectivity index (χ2n) is 5.54. The van der Waals surface area contributed by atoms with Gasteiger partial charge >= 0.3 is 6.03 Å². The Bertz CT molecular complexity index is 508. The Morgan fingerprint density at radius 2 is 1.86 bits per heavy atom. The van der Waals surface area contributed by atoms with E-state index in [9.17, 15) is 19.2 Å². The van der Waals surface area contributed by atoms with E-state index in [0.29, 0.717) is 39.1 Å². The zero-order valence-electron chi connectivity index (χ0n) is 11.6. The molecule has 21 heavy (non-hydrogen) atoms. The van der Waals surface area contributed by atoms with E-state index >= 15 is 0 Å². The van der Waals surface area contributed by atoms with Gasteiger partial charge in [0.1, 0.15) is 5.41 Å². The van der Waals surface area contributed by atoms with Crippen molar-refractivity contribution >= 4 is 23.8 Å². The molecule has 114 valence electrons. The first-order chi connectivity index (χ1) is 10.0. The van der Waals surface area contributed by atoms with Crippen LogP contribution in [0.4, 0.5) is 4.79 Å². The van der Waals surface area contributed by atoms with Gasteiger partial charge in [-0.1, -0.05) is 0 Å². The fourth-order valence-corrected chi connectivity index (χ4v) is 2.68. The summed E-state index contributed by atoms with van der Waals surface area (Å²) in [5.74, 6) is -1.08. The number of carbonyl (C=O) groups excluding carboxylic acids is 4. The van der Waals surface area contributed by atoms with Gasteiger partial charge in [0.25, 0.3) is 0 Å². The molecule has 1 spiro atoms. The van der Waals surface area contributed by atoms with E-state index in [4.69, 9.17) is 4.74 Å². The average molecular weight is 295 g/mol. The maximum Gasteiger partial charge on any atom is 0.330 e. The number of hydrogen-bond acceptors (Lipinski definition) is 5. The minimum absolute atomic E-state index is 0.00981. The molecule has 1 saturated carbocycles. The number of barbiturate groups is 1. The topological polar surface area (TPSA) is 96.0 Å². The Labute approximate surface area is 121 Å². The monoisotopic (exact) mass is 295 g/mol. The van der Waals surface area contributed by atoms with Crippen molar-refractivity contribution in [1.82, 2.24) is 15.1 Å². The van der Waals surface area contributed by atoms with Gasteiger partial charge in [0.2, 0.25) is 17.7 Å². The number of ether oxygens (including phenoxy) is 1. The van der Waals surface area contributed by atoms with Crippen molar-refractivity contribution < 1.29 is 23.9 Å². The smallest absolute Gasteiger partial charge is 0.330 e. The summed E-state index contributed by atoms with van der Waals surface area (Å²) in [6.45, 7) is 2.08. The fourth-order valence-electron chi connectivity index (χ4n) is 2.68. The van der Waals surface area contributed by atoms with Crippen LogP contribution >= 0.6 is 0 Å². The third-order valence-electron chi connectivity index (χ3n) is 4.22. The van der Waals surface area contributed by atoms with Gasteiger partial charge in [0.05, 0.1) is 13.2 Å². The summed E-state index contributed by atoms with van der Waals surface area (Å²) in [6.07, 6.45) is 1.02. The van der Waals surface area contributed by atoms with E-state index in [2.05, 4.69) is 5.32 Å². The van der Waals surface area contributed by atoms with Crippen LogP contribution in [0.15, 0.2) is 0 Å². The van der Waals surface area contributed by atoms with E-state index in [1.807, 2.05) is 0 Å². The Morgan fingerprint density at radius 1 is 1.19 bits per heavy atom. The molecule has 1 N–H and O–H groups in total. The number of nitrogens with zero attached hydrogens (tertiary/aromatic N) is 2. The first-order valence-corrected chi connectivity index (χ1v) is 7.07. The quantitative estimate of drug-likeness (QED) is 0.680. The van der Waals surface area contributed by atoms with Gasteiger partial charge in [-0.15, -0.1) is 0 Å². The Morgan fingerprint density at radius 3 is 2.48 bits per heavy atom. The number of imide groups is 2. The molecule has 3 rings (SSSR count). The number of urea groups is 1. The zero-order chi connectivity index (χ0) is 15.0. The van der Waals surface area contributed by atoms with Gasteiger partial charge in [-0.05, 0) is 12.8 Å². The van der Waals surface area contributed by atoms with Crippen LogP contribution in [0.1, 0.15) is 19.3 Å². The van der Waals surface area contributed by atoms with Crippen molar-refractivity contribution in [2.45, 2.75) is 19.3 Å². The minimum atomic E-state index is -1.05. The summed E-state index contributed by atoms with van der Waals surface area (Å²) in [7, 11) is 0. The maximum atomic E-state index is 12.2. The molecule has 2 saturated heterocycles. The Hall–Kier alpha value is -1.96. The van der Waals surface area contributed by atoms with Crippen LogP contribution < -0.4 is 5.32 Å². The summed E-state index contributed by atoms with van der Waals surface area (Å²) in [4.78, 5) is 50.3. The number of morpholine rings is 1. The number of nitrogens with one attached hydrogen (secondary N) is 1. The Balaban J connectivity index is 1.59. The molecule has 8 nitrogen and oxygen atoms in total. The third kappa shape index (κ3) is 2.39. The number of hydrogen-bond donors (Lipinski definition) is 1. The molecule has 0 atom stereocenters. The molecular formula is C13H17N3O5. The van der Waals surface area contributed by atoms with Crippen molar-refractivity contribution in [2.24, 2.45) is 5.41 Å². The Kier molecular flexibility index (Phi) is 3.40. The molecule has 0 radical (unpaired) electrons. The second-order valence-corrected chi connectivity index (χ2v) is 5.54. The lowest BCUT2D eigenvalue weighted by atomic mass is 10.0. The van der Waals surface area contributed by atoms with E-state index in [1.54, 1.807) is 4.90 Å². The van der Waals surface area contributed by atoms with E-state index < -0.39 is 23.3 Å². The summed E-state index contributed by atoms with van der Waals surface area (Å²) < 4.78 is 5.17. The van der Waals surface area contributed by atoms with Crippen molar-refractivity contribution in [1.29, 1.82) is 0 Å². The molecule has 8 heteroatoms. The molecule has 3 aliphatic rings. The number of carbonyl (C=O) groups is 4. The normalized spacial score (nSPS) is 24.3. The lowest BCUT2D eigenvalue weighted by molar-refractivity contribution is -0.145. The third-order valence-corrected chi connectivity index (χ3v) is 4.22. The number of rotatable bonds is 3. The van der Waals surface area contributed by atoms with Crippen LogP contribution in [0.25, 0.3) is 0 Å². The van der Waals surface area contributed by atoms with Gasteiger partial charge in [-0.2, -0.15) is 0 Å². The molecule has 0 aromatic carbocycles. The van der Waals surface area contributed by atoms with Crippen LogP contribution in [0.3, 0.4) is 0 Å². The molecule has 0 unspecified atom stereocenters. The molecule has 0 bridgehead atoms. The molecule has 5 amide bonds. The van der Waals surface area contributed by atoms with Crippen LogP contribution in [0.5, 0.6) is 0 Å². The van der Waals surface area contributed by atoms with E-state index in [0.717, 1.165) is 4.90 Å². The minimum Gasteiger partial charge on any atom is -0.378 e. The van der Waals surface area contributed by atoms with Gasteiger partial charge < -0.3 is 9.64 Å². The van der Waals surface area contributed by atoms with Crippen molar-refractivity contribution in [3.8, 4) is 0 Å². The summed E-state index contributed by atoms with van der Waals surface area (Å²) in [5, 5.41) is 2.20. The molecule has 2 heterocycles. The maximum absolute atomic E-state index is 12.2. The SMILES string of the molecule is O=C(CCN1C(=O)NC(=O)C2(CC2)C1=O)N1CCOCC1. The first-order valence-electron chi connectivity index (χ1n) is 7.07. The highest BCUT2D eigenvalue weighted by molar-refractivity contribution is 6.20. The van der Waals surface area contributed by atoms with Crippen LogP contribution in [-0.2, 0) is 19.1 Å². The second kappa shape index (κ2) is 5.10. The molecule has 1 aliphatic carbocycles. The van der Waals surface area contributed by atoms with Crippen molar-refractivity contribution in [3.05, 3.63) is 0 Å². The number of amides is 5. The molecule has 0 aromatic rings.